The van der Waals surface area contributed by atoms with Gasteiger partial charge in [-0.2, -0.15) is 0 Å². The number of hydrogen-bond donors (Lipinski definition) is 1. The number of para-hydroxylation sites is 1. The van der Waals surface area contributed by atoms with Crippen LogP contribution < -0.4 is 5.32 Å². The number of anilines is 1. The Labute approximate surface area is 68.2 Å². The Morgan fingerprint density at radius 3 is 2.67 bits per heavy atom. The summed E-state index contributed by atoms with van der Waals surface area (Å²) in [7, 11) is 0. The first-order valence-corrected chi connectivity index (χ1v) is 3.34. The van der Waals surface area contributed by atoms with Gasteiger partial charge in [0, 0.05) is 0 Å². The fraction of sp³-hybridized carbons (Fsp3) is 0.125. The van der Waals surface area contributed by atoms with Crippen molar-refractivity contribution >= 4 is 11.6 Å². The van der Waals surface area contributed by atoms with Crippen molar-refractivity contribution in [1.82, 2.24) is 0 Å². The third kappa shape index (κ3) is 2.02. The van der Waals surface area contributed by atoms with Gasteiger partial charge in [0.25, 0.3) is 5.91 Å². The van der Waals surface area contributed by atoms with Crippen molar-refractivity contribution < 1.29 is 13.6 Å². The Kier molecular flexibility index (Phi) is 2.74. The fourth-order valence-electron chi connectivity index (χ4n) is 0.746. The van der Waals surface area contributed by atoms with Crippen molar-refractivity contribution in [3.8, 4) is 0 Å². The quantitative estimate of drug-likeness (QED) is 0.721. The van der Waals surface area contributed by atoms with Gasteiger partial charge in [-0.05, 0) is 12.1 Å². The first kappa shape index (κ1) is 8.64. The maximum absolute atomic E-state index is 12.7. The van der Waals surface area contributed by atoms with E-state index in [1.54, 1.807) is 6.07 Å². The summed E-state index contributed by atoms with van der Waals surface area (Å²) in [6.45, 7) is -1.14. The van der Waals surface area contributed by atoms with Gasteiger partial charge in [0.2, 0.25) is 0 Å². The van der Waals surface area contributed by atoms with Crippen LogP contribution in [0, 0.1) is 5.82 Å². The Morgan fingerprint density at radius 1 is 1.42 bits per heavy atom. The molecule has 0 bridgehead atoms. The number of carbonyl (C=O) groups is 1. The van der Waals surface area contributed by atoms with Gasteiger partial charge in [0.05, 0.1) is 5.69 Å². The van der Waals surface area contributed by atoms with E-state index in [0.717, 1.165) is 0 Å². The number of alkyl halides is 1. The SMILES string of the molecule is O=C(CF)Nc1ccccc1F. The molecular formula is C8H7F2NO. The van der Waals surface area contributed by atoms with Crippen LogP contribution in [0.3, 0.4) is 0 Å². The van der Waals surface area contributed by atoms with E-state index in [0.29, 0.717) is 0 Å². The molecule has 0 saturated heterocycles. The van der Waals surface area contributed by atoms with Gasteiger partial charge in [-0.25, -0.2) is 8.78 Å². The third-order valence-corrected chi connectivity index (χ3v) is 1.27. The number of nitrogens with one attached hydrogen (secondary N) is 1. The molecule has 0 heterocycles. The minimum absolute atomic E-state index is 0.000139. The summed E-state index contributed by atoms with van der Waals surface area (Å²) in [4.78, 5) is 10.5. The molecule has 64 valence electrons. The lowest BCUT2D eigenvalue weighted by atomic mass is 10.3. The van der Waals surface area contributed by atoms with Crippen LogP contribution in [0.25, 0.3) is 0 Å². The van der Waals surface area contributed by atoms with Crippen LogP contribution in [0.15, 0.2) is 24.3 Å². The Hall–Kier alpha value is -1.45. The molecule has 0 aliphatic carbocycles. The van der Waals surface area contributed by atoms with Gasteiger partial charge >= 0.3 is 0 Å². The van der Waals surface area contributed by atoms with Gasteiger partial charge < -0.3 is 5.32 Å². The van der Waals surface area contributed by atoms with E-state index in [1.807, 2.05) is 0 Å². The van der Waals surface area contributed by atoms with Gasteiger partial charge in [-0.3, -0.25) is 4.79 Å². The Bertz CT molecular complexity index is 288. The lowest BCUT2D eigenvalue weighted by Gasteiger charge is -2.02. The Balaban J connectivity index is 2.75. The molecule has 0 radical (unpaired) electrons. The summed E-state index contributed by atoms with van der Waals surface area (Å²) in [5.74, 6) is -1.42. The topological polar surface area (TPSA) is 29.1 Å². The molecule has 2 nitrogen and oxygen atoms in total. The zero-order valence-electron chi connectivity index (χ0n) is 6.18. The van der Waals surface area contributed by atoms with E-state index in [2.05, 4.69) is 5.32 Å². The van der Waals surface area contributed by atoms with Crippen molar-refractivity contribution in [2.24, 2.45) is 0 Å². The molecule has 1 aromatic carbocycles. The lowest BCUT2D eigenvalue weighted by molar-refractivity contribution is -0.117. The standard InChI is InChI=1S/C8H7F2NO/c9-5-8(12)11-7-4-2-1-3-6(7)10/h1-4H,5H2,(H,11,12). The normalized spacial score (nSPS) is 9.50. The highest BCUT2D eigenvalue weighted by Crippen LogP contribution is 2.11. The van der Waals surface area contributed by atoms with E-state index in [-0.39, 0.29) is 5.69 Å². The number of rotatable bonds is 2. The summed E-state index contributed by atoms with van der Waals surface area (Å²) in [5.41, 5.74) is 0.000139. The smallest absolute Gasteiger partial charge is 0.255 e. The predicted molar refractivity (Wildman–Crippen MR) is 41.0 cm³/mol. The largest absolute Gasteiger partial charge is 0.321 e. The zero-order valence-corrected chi connectivity index (χ0v) is 6.18. The molecule has 1 N–H and O–H groups in total. The van der Waals surface area contributed by atoms with Crippen LogP contribution in [0.5, 0.6) is 0 Å². The minimum atomic E-state index is -1.14. The number of benzene rings is 1. The lowest BCUT2D eigenvalue weighted by Crippen LogP contribution is -2.13. The van der Waals surface area contributed by atoms with Crippen LogP contribution in [0.2, 0.25) is 0 Å². The number of amides is 1. The average molecular weight is 171 g/mol. The van der Waals surface area contributed by atoms with Gasteiger partial charge in [0.15, 0.2) is 6.67 Å². The molecular weight excluding hydrogens is 164 g/mol. The second-order valence-corrected chi connectivity index (χ2v) is 2.16. The molecule has 0 fully saturated rings. The molecule has 0 aromatic heterocycles. The van der Waals surface area contributed by atoms with Crippen LogP contribution in [0.4, 0.5) is 14.5 Å². The van der Waals surface area contributed by atoms with Crippen molar-refractivity contribution in [2.75, 3.05) is 12.0 Å². The molecule has 0 aliphatic rings. The summed E-state index contributed by atoms with van der Waals surface area (Å²) < 4.78 is 24.4. The molecule has 0 saturated carbocycles. The van der Waals surface area contributed by atoms with Gasteiger partial charge in [-0.15, -0.1) is 0 Å². The molecule has 0 spiro atoms. The molecule has 1 amide bonds. The van der Waals surface area contributed by atoms with Crippen molar-refractivity contribution in [3.05, 3.63) is 30.1 Å². The predicted octanol–water partition coefficient (Wildman–Crippen LogP) is 1.73. The van der Waals surface area contributed by atoms with Gasteiger partial charge in [-0.1, -0.05) is 12.1 Å². The summed E-state index contributed by atoms with van der Waals surface area (Å²) in [6.07, 6.45) is 0. The summed E-state index contributed by atoms with van der Waals surface area (Å²) in [5, 5.41) is 2.07. The highest BCUT2D eigenvalue weighted by molar-refractivity contribution is 5.91. The first-order valence-electron chi connectivity index (χ1n) is 3.34. The first-order chi connectivity index (χ1) is 5.74. The third-order valence-electron chi connectivity index (χ3n) is 1.27. The molecule has 0 unspecified atom stereocenters. The number of carbonyl (C=O) groups excluding carboxylic acids is 1. The highest BCUT2D eigenvalue weighted by Gasteiger charge is 2.04. The van der Waals surface area contributed by atoms with Crippen molar-refractivity contribution in [1.29, 1.82) is 0 Å². The van der Waals surface area contributed by atoms with Crippen molar-refractivity contribution in [3.63, 3.8) is 0 Å². The van der Waals surface area contributed by atoms with Crippen molar-refractivity contribution in [2.45, 2.75) is 0 Å². The van der Waals surface area contributed by atoms with E-state index in [9.17, 15) is 13.6 Å². The molecule has 0 atom stereocenters. The highest BCUT2D eigenvalue weighted by atomic mass is 19.1. The molecule has 12 heavy (non-hydrogen) atoms. The van der Waals surface area contributed by atoms with E-state index >= 15 is 0 Å². The van der Waals surface area contributed by atoms with Crippen LogP contribution in [0.1, 0.15) is 0 Å². The average Bonchev–Trinajstić information content (AvgIpc) is 2.09. The number of hydrogen-bond acceptors (Lipinski definition) is 1. The van der Waals surface area contributed by atoms with E-state index in [1.165, 1.54) is 18.2 Å². The molecule has 0 aliphatic heterocycles. The van der Waals surface area contributed by atoms with Crippen LogP contribution >= 0.6 is 0 Å². The summed E-state index contributed by atoms with van der Waals surface area (Å²) >= 11 is 0. The second-order valence-electron chi connectivity index (χ2n) is 2.16. The number of halogens is 2. The molecule has 1 aromatic rings. The van der Waals surface area contributed by atoms with Crippen LogP contribution in [-0.2, 0) is 4.79 Å². The van der Waals surface area contributed by atoms with E-state index < -0.39 is 18.4 Å². The minimum Gasteiger partial charge on any atom is -0.321 e. The fourth-order valence-corrected chi connectivity index (χ4v) is 0.746. The van der Waals surface area contributed by atoms with E-state index in [4.69, 9.17) is 0 Å². The molecule has 4 heteroatoms. The summed E-state index contributed by atoms with van der Waals surface area (Å²) in [6, 6.07) is 5.59. The second kappa shape index (κ2) is 3.80. The van der Waals surface area contributed by atoms with Gasteiger partial charge in [0.1, 0.15) is 5.82 Å². The molecule has 1 rings (SSSR count). The Morgan fingerprint density at radius 2 is 2.08 bits per heavy atom. The maximum atomic E-state index is 12.7. The zero-order chi connectivity index (χ0) is 8.97. The monoisotopic (exact) mass is 171 g/mol. The maximum Gasteiger partial charge on any atom is 0.255 e. The van der Waals surface area contributed by atoms with Crippen LogP contribution in [-0.4, -0.2) is 12.6 Å².